The molecular formula is C17H11Cl2I2N5O2S2. The Morgan fingerprint density at radius 3 is 2.27 bits per heavy atom. The number of pyridine rings is 2. The Labute approximate surface area is 213 Å². The van der Waals surface area contributed by atoms with E-state index in [9.17, 15) is 8.42 Å². The van der Waals surface area contributed by atoms with Crippen LogP contribution in [0.1, 0.15) is 0 Å². The number of benzene rings is 1. The topological polar surface area (TPSA) is 111 Å². The Balaban J connectivity index is 0.000000239. The number of nitrogens with two attached hydrogens (primary N) is 1. The van der Waals surface area contributed by atoms with Gasteiger partial charge in [0.25, 0.3) is 10.0 Å². The third kappa shape index (κ3) is 6.03. The van der Waals surface area contributed by atoms with Crippen molar-refractivity contribution >= 4 is 111 Å². The molecule has 0 aliphatic heterocycles. The number of sulfonamides is 1. The number of thiazole rings is 1. The van der Waals surface area contributed by atoms with Crippen molar-refractivity contribution in [2.24, 2.45) is 0 Å². The van der Waals surface area contributed by atoms with Crippen molar-refractivity contribution in [3.8, 4) is 0 Å². The van der Waals surface area contributed by atoms with E-state index in [0.29, 0.717) is 25.4 Å². The van der Waals surface area contributed by atoms with Crippen molar-refractivity contribution in [3.05, 3.63) is 65.7 Å². The normalized spacial score (nSPS) is 11.1. The molecule has 156 valence electrons. The molecule has 0 saturated heterocycles. The number of halogens is 4. The minimum absolute atomic E-state index is 0.185. The highest BCUT2D eigenvalue weighted by Crippen LogP contribution is 2.25. The van der Waals surface area contributed by atoms with Crippen LogP contribution in [0.25, 0.3) is 10.2 Å². The molecule has 4 rings (SSSR count). The van der Waals surface area contributed by atoms with Crippen LogP contribution in [0.15, 0.2) is 52.9 Å². The van der Waals surface area contributed by atoms with Crippen molar-refractivity contribution in [1.82, 2.24) is 15.0 Å². The molecule has 30 heavy (non-hydrogen) atoms. The van der Waals surface area contributed by atoms with Crippen molar-refractivity contribution in [1.29, 1.82) is 0 Å². The lowest BCUT2D eigenvalue weighted by Gasteiger charge is -2.09. The van der Waals surface area contributed by atoms with Gasteiger partial charge in [0.05, 0.1) is 32.0 Å². The molecule has 0 saturated carbocycles. The van der Waals surface area contributed by atoms with E-state index in [4.69, 9.17) is 28.9 Å². The van der Waals surface area contributed by atoms with E-state index in [1.165, 1.54) is 23.5 Å². The molecule has 1 aromatic carbocycles. The third-order valence-corrected chi connectivity index (χ3v) is 7.78. The number of anilines is 2. The van der Waals surface area contributed by atoms with Crippen LogP contribution in [-0.4, -0.2) is 23.4 Å². The molecule has 0 unspecified atom stereocenters. The van der Waals surface area contributed by atoms with Gasteiger partial charge in [-0.1, -0.05) is 23.2 Å². The van der Waals surface area contributed by atoms with Gasteiger partial charge in [-0.15, -0.1) is 11.3 Å². The summed E-state index contributed by atoms with van der Waals surface area (Å²) in [5, 5.41) is 0.794. The van der Waals surface area contributed by atoms with Gasteiger partial charge < -0.3 is 5.73 Å². The van der Waals surface area contributed by atoms with Gasteiger partial charge in [0.1, 0.15) is 17.7 Å². The van der Waals surface area contributed by atoms with Crippen molar-refractivity contribution < 1.29 is 8.42 Å². The van der Waals surface area contributed by atoms with Crippen LogP contribution in [-0.2, 0) is 10.0 Å². The number of hydrogen-bond donors (Lipinski definition) is 2. The largest absolute Gasteiger partial charge is 0.397 e. The molecule has 0 aliphatic rings. The lowest BCUT2D eigenvalue weighted by atomic mass is 10.3. The molecule has 0 aliphatic carbocycles. The van der Waals surface area contributed by atoms with Crippen molar-refractivity contribution in [3.63, 3.8) is 0 Å². The van der Waals surface area contributed by atoms with Gasteiger partial charge in [-0.3, -0.25) is 4.72 Å². The quantitative estimate of drug-likeness (QED) is 0.210. The molecule has 3 aromatic heterocycles. The van der Waals surface area contributed by atoms with E-state index in [1.807, 2.05) is 45.2 Å². The Hall–Kier alpha value is -1.00. The molecule has 0 fully saturated rings. The fourth-order valence-electron chi connectivity index (χ4n) is 2.12. The Bertz CT molecular complexity index is 1320. The fraction of sp³-hybridized carbons (Fsp3) is 0. The van der Waals surface area contributed by atoms with E-state index in [-0.39, 0.29) is 4.90 Å². The zero-order valence-electron chi connectivity index (χ0n) is 14.7. The standard InChI is InChI=1S/C12H7ClIN3O2S2.C5H4ClIN2/c13-11-4-3-9(12(14)16-11)17-21(18,19)7-1-2-8-10(5-7)20-6-15-8;6-4-2-1-3(8)5(7)9-4/h1-6,17H;1-2H,8H2. The van der Waals surface area contributed by atoms with Gasteiger partial charge in [0.2, 0.25) is 0 Å². The summed E-state index contributed by atoms with van der Waals surface area (Å²) in [6, 6.07) is 11.3. The average molecular weight is 706 g/mol. The molecule has 3 N–H and O–H groups in total. The van der Waals surface area contributed by atoms with Gasteiger partial charge in [-0.25, -0.2) is 23.4 Å². The number of rotatable bonds is 3. The first kappa shape index (κ1) is 23.7. The van der Waals surface area contributed by atoms with Crippen molar-refractivity contribution in [2.75, 3.05) is 10.5 Å². The second kappa shape index (κ2) is 10.1. The average Bonchev–Trinajstić information content (AvgIpc) is 3.16. The van der Waals surface area contributed by atoms with Crippen LogP contribution in [0.2, 0.25) is 10.3 Å². The summed E-state index contributed by atoms with van der Waals surface area (Å²) >= 11 is 16.7. The fourth-order valence-corrected chi connectivity index (χ4v) is 5.78. The van der Waals surface area contributed by atoms with E-state index < -0.39 is 10.0 Å². The van der Waals surface area contributed by atoms with Gasteiger partial charge in [0.15, 0.2) is 0 Å². The SMILES string of the molecule is Nc1ccc(Cl)nc1I.O=S(=O)(Nc1ccc(Cl)nc1I)c1ccc2ncsc2c1. The molecule has 0 atom stereocenters. The first-order valence-corrected chi connectivity index (χ1v) is 13.2. The molecule has 4 aromatic rings. The number of nitrogens with zero attached hydrogens (tertiary/aromatic N) is 3. The second-order valence-corrected chi connectivity index (χ2v) is 11.0. The molecular weight excluding hydrogens is 695 g/mol. The van der Waals surface area contributed by atoms with Crippen LogP contribution < -0.4 is 10.5 Å². The number of nitrogen functional groups attached to an aromatic ring is 1. The number of hydrogen-bond acceptors (Lipinski definition) is 7. The Morgan fingerprint density at radius 2 is 1.63 bits per heavy atom. The molecule has 13 heteroatoms. The Kier molecular flexibility index (Phi) is 7.95. The van der Waals surface area contributed by atoms with Crippen LogP contribution in [0.4, 0.5) is 11.4 Å². The van der Waals surface area contributed by atoms with Gasteiger partial charge >= 0.3 is 0 Å². The van der Waals surface area contributed by atoms with Crippen LogP contribution in [0, 0.1) is 7.40 Å². The van der Waals surface area contributed by atoms with E-state index in [0.717, 1.165) is 13.9 Å². The zero-order chi connectivity index (χ0) is 21.9. The molecule has 7 nitrogen and oxygen atoms in total. The summed E-state index contributed by atoms with van der Waals surface area (Å²) in [5.41, 5.74) is 8.98. The molecule has 3 heterocycles. The van der Waals surface area contributed by atoms with Gasteiger partial charge in [-0.2, -0.15) is 0 Å². The predicted molar refractivity (Wildman–Crippen MR) is 139 cm³/mol. The maximum absolute atomic E-state index is 12.4. The highest BCUT2D eigenvalue weighted by Gasteiger charge is 2.17. The molecule has 0 radical (unpaired) electrons. The summed E-state index contributed by atoms with van der Waals surface area (Å²) in [6.45, 7) is 0. The minimum atomic E-state index is -3.68. The van der Waals surface area contributed by atoms with Gasteiger partial charge in [0, 0.05) is 0 Å². The monoisotopic (exact) mass is 705 g/mol. The van der Waals surface area contributed by atoms with E-state index in [2.05, 4.69) is 19.7 Å². The van der Waals surface area contributed by atoms with Crippen molar-refractivity contribution in [2.45, 2.75) is 4.90 Å². The minimum Gasteiger partial charge on any atom is -0.397 e. The lowest BCUT2D eigenvalue weighted by molar-refractivity contribution is 0.601. The van der Waals surface area contributed by atoms with Gasteiger partial charge in [-0.05, 0) is 87.6 Å². The molecule has 0 amide bonds. The maximum Gasteiger partial charge on any atom is 0.262 e. The lowest BCUT2D eigenvalue weighted by Crippen LogP contribution is -2.14. The third-order valence-electron chi connectivity index (χ3n) is 3.52. The highest BCUT2D eigenvalue weighted by molar-refractivity contribution is 14.1. The van der Waals surface area contributed by atoms with E-state index >= 15 is 0 Å². The Morgan fingerprint density at radius 1 is 0.967 bits per heavy atom. The van der Waals surface area contributed by atoms with Crippen LogP contribution in [0.3, 0.4) is 0 Å². The second-order valence-electron chi connectivity index (χ2n) is 5.57. The number of aromatic nitrogens is 3. The number of nitrogens with one attached hydrogen (secondary N) is 1. The van der Waals surface area contributed by atoms with Crippen LogP contribution >= 0.6 is 79.7 Å². The predicted octanol–water partition coefficient (Wildman–Crippen LogP) is 5.67. The van der Waals surface area contributed by atoms with E-state index in [1.54, 1.807) is 35.8 Å². The smallest absolute Gasteiger partial charge is 0.262 e. The highest BCUT2D eigenvalue weighted by atomic mass is 127. The number of fused-ring (bicyclic) bond motifs is 1. The maximum atomic E-state index is 12.4. The summed E-state index contributed by atoms with van der Waals surface area (Å²) in [5.74, 6) is 0. The first-order valence-electron chi connectivity index (χ1n) is 7.91. The zero-order valence-corrected chi connectivity index (χ0v) is 22.1. The molecule has 0 spiro atoms. The summed E-state index contributed by atoms with van der Waals surface area (Å²) in [4.78, 5) is 12.2. The summed E-state index contributed by atoms with van der Waals surface area (Å²) in [7, 11) is -3.68. The first-order chi connectivity index (χ1) is 14.2. The summed E-state index contributed by atoms with van der Waals surface area (Å²) in [6.07, 6.45) is 0. The molecule has 0 bridgehead atoms. The summed E-state index contributed by atoms with van der Waals surface area (Å²) < 4.78 is 29.4. The van der Waals surface area contributed by atoms with Crippen LogP contribution in [0.5, 0.6) is 0 Å².